The number of carbonyl (C=O) groups excluding carboxylic acids is 1. The molecule has 20 heavy (non-hydrogen) atoms. The average Bonchev–Trinajstić information content (AvgIpc) is 2.47. The molecular weight excluding hydrogens is 252 g/mol. The Labute approximate surface area is 121 Å². The van der Waals surface area contributed by atoms with Gasteiger partial charge in [0.2, 0.25) is 0 Å². The van der Waals surface area contributed by atoms with E-state index in [0.29, 0.717) is 29.5 Å². The van der Waals surface area contributed by atoms with E-state index in [1.54, 1.807) is 25.3 Å². The Morgan fingerprint density at radius 1 is 1.40 bits per heavy atom. The largest absolute Gasteiger partial charge is 0.496 e. The van der Waals surface area contributed by atoms with E-state index >= 15 is 0 Å². The van der Waals surface area contributed by atoms with Crippen LogP contribution < -0.4 is 15.8 Å². The van der Waals surface area contributed by atoms with E-state index in [-0.39, 0.29) is 5.91 Å². The standard InChI is InChI=1S/C16H26N2O2/c1-4-6-7-12(5-2)11-18-16(19)14-9-8-13(17)10-15(14)20-3/h8-10,12H,4-7,11,17H2,1-3H3,(H,18,19). The predicted molar refractivity (Wildman–Crippen MR) is 83.0 cm³/mol. The minimum atomic E-state index is -0.100. The molecule has 1 amide bonds. The molecule has 1 unspecified atom stereocenters. The zero-order chi connectivity index (χ0) is 15.0. The summed E-state index contributed by atoms with van der Waals surface area (Å²) in [7, 11) is 1.54. The Balaban J connectivity index is 2.62. The van der Waals surface area contributed by atoms with E-state index in [4.69, 9.17) is 10.5 Å². The van der Waals surface area contributed by atoms with Gasteiger partial charge in [-0.05, 0) is 24.5 Å². The third-order valence-corrected chi connectivity index (χ3v) is 3.56. The van der Waals surface area contributed by atoms with Crippen LogP contribution in [0.5, 0.6) is 5.75 Å². The van der Waals surface area contributed by atoms with Crippen LogP contribution in [0.15, 0.2) is 18.2 Å². The molecular formula is C16H26N2O2. The number of benzene rings is 1. The number of nitrogens with two attached hydrogens (primary N) is 1. The Kier molecular flexibility index (Phi) is 6.91. The molecule has 0 saturated carbocycles. The van der Waals surface area contributed by atoms with Gasteiger partial charge in [0.25, 0.3) is 5.91 Å². The second-order valence-electron chi connectivity index (χ2n) is 5.09. The van der Waals surface area contributed by atoms with Crippen molar-refractivity contribution in [3.63, 3.8) is 0 Å². The molecule has 1 atom stereocenters. The third kappa shape index (κ3) is 4.76. The quantitative estimate of drug-likeness (QED) is 0.718. The number of hydrogen-bond donors (Lipinski definition) is 2. The Morgan fingerprint density at radius 2 is 2.15 bits per heavy atom. The van der Waals surface area contributed by atoms with Crippen LogP contribution in [0.1, 0.15) is 49.9 Å². The molecule has 1 rings (SSSR count). The Bertz CT molecular complexity index is 432. The van der Waals surface area contributed by atoms with Crippen molar-refractivity contribution in [2.45, 2.75) is 39.5 Å². The summed E-state index contributed by atoms with van der Waals surface area (Å²) in [6.45, 7) is 5.06. The molecule has 3 N–H and O–H groups in total. The number of nitrogens with one attached hydrogen (secondary N) is 1. The van der Waals surface area contributed by atoms with E-state index < -0.39 is 0 Å². The van der Waals surface area contributed by atoms with E-state index in [9.17, 15) is 4.79 Å². The van der Waals surface area contributed by atoms with Crippen molar-refractivity contribution in [1.82, 2.24) is 5.32 Å². The fraction of sp³-hybridized carbons (Fsp3) is 0.562. The molecule has 0 heterocycles. The van der Waals surface area contributed by atoms with Gasteiger partial charge in [0, 0.05) is 18.3 Å². The van der Waals surface area contributed by atoms with Crippen molar-refractivity contribution < 1.29 is 9.53 Å². The lowest BCUT2D eigenvalue weighted by Crippen LogP contribution is -2.29. The summed E-state index contributed by atoms with van der Waals surface area (Å²) in [4.78, 5) is 12.2. The van der Waals surface area contributed by atoms with Gasteiger partial charge in [0.1, 0.15) is 5.75 Å². The summed E-state index contributed by atoms with van der Waals surface area (Å²) in [5.41, 5.74) is 6.81. The summed E-state index contributed by atoms with van der Waals surface area (Å²) in [6, 6.07) is 5.09. The molecule has 0 aliphatic carbocycles. The van der Waals surface area contributed by atoms with Crippen molar-refractivity contribution in [2.24, 2.45) is 5.92 Å². The maximum atomic E-state index is 12.2. The van der Waals surface area contributed by atoms with Gasteiger partial charge in [-0.3, -0.25) is 4.79 Å². The van der Waals surface area contributed by atoms with Crippen LogP contribution in [0, 0.1) is 5.92 Å². The first-order chi connectivity index (χ1) is 9.62. The zero-order valence-corrected chi connectivity index (χ0v) is 12.7. The second kappa shape index (κ2) is 8.46. The van der Waals surface area contributed by atoms with Crippen molar-refractivity contribution >= 4 is 11.6 Å². The van der Waals surface area contributed by atoms with Gasteiger partial charge >= 0.3 is 0 Å². The van der Waals surface area contributed by atoms with Crippen LogP contribution in [-0.4, -0.2) is 19.6 Å². The van der Waals surface area contributed by atoms with E-state index in [1.807, 2.05) is 0 Å². The van der Waals surface area contributed by atoms with Crippen LogP contribution in [0.4, 0.5) is 5.69 Å². The molecule has 0 aliphatic rings. The molecule has 112 valence electrons. The number of amides is 1. The van der Waals surface area contributed by atoms with Gasteiger partial charge in [0.05, 0.1) is 12.7 Å². The third-order valence-electron chi connectivity index (χ3n) is 3.56. The van der Waals surface area contributed by atoms with E-state index in [0.717, 1.165) is 12.8 Å². The molecule has 0 radical (unpaired) electrons. The maximum Gasteiger partial charge on any atom is 0.255 e. The fourth-order valence-electron chi connectivity index (χ4n) is 2.17. The normalized spacial score (nSPS) is 11.9. The van der Waals surface area contributed by atoms with Gasteiger partial charge in [0.15, 0.2) is 0 Å². The summed E-state index contributed by atoms with van der Waals surface area (Å²) in [5, 5.41) is 2.99. The molecule has 0 fully saturated rings. The molecule has 4 nitrogen and oxygen atoms in total. The first-order valence-corrected chi connectivity index (χ1v) is 7.34. The van der Waals surface area contributed by atoms with Crippen molar-refractivity contribution in [2.75, 3.05) is 19.4 Å². The molecule has 0 spiro atoms. The lowest BCUT2D eigenvalue weighted by atomic mass is 9.99. The van der Waals surface area contributed by atoms with Crippen LogP contribution in [0.3, 0.4) is 0 Å². The molecule has 1 aromatic rings. The van der Waals surface area contributed by atoms with Gasteiger partial charge in [-0.15, -0.1) is 0 Å². The first kappa shape index (κ1) is 16.3. The number of anilines is 1. The average molecular weight is 278 g/mol. The molecule has 4 heteroatoms. The topological polar surface area (TPSA) is 64.4 Å². The highest BCUT2D eigenvalue weighted by molar-refractivity contribution is 5.97. The zero-order valence-electron chi connectivity index (χ0n) is 12.7. The van der Waals surface area contributed by atoms with Crippen LogP contribution >= 0.6 is 0 Å². The Hall–Kier alpha value is -1.71. The van der Waals surface area contributed by atoms with Gasteiger partial charge in [-0.1, -0.05) is 33.1 Å². The minimum Gasteiger partial charge on any atom is -0.496 e. The van der Waals surface area contributed by atoms with Crippen molar-refractivity contribution in [3.05, 3.63) is 23.8 Å². The Morgan fingerprint density at radius 3 is 2.75 bits per heavy atom. The van der Waals surface area contributed by atoms with E-state index in [1.165, 1.54) is 12.8 Å². The lowest BCUT2D eigenvalue weighted by Gasteiger charge is -2.16. The fourth-order valence-corrected chi connectivity index (χ4v) is 2.17. The number of nitrogen functional groups attached to an aromatic ring is 1. The number of hydrogen-bond acceptors (Lipinski definition) is 3. The summed E-state index contributed by atoms with van der Waals surface area (Å²) in [6.07, 6.45) is 4.64. The minimum absolute atomic E-state index is 0.100. The highest BCUT2D eigenvalue weighted by Crippen LogP contribution is 2.21. The number of ether oxygens (including phenoxy) is 1. The number of methoxy groups -OCH3 is 1. The SMILES string of the molecule is CCCCC(CC)CNC(=O)c1ccc(N)cc1OC. The highest BCUT2D eigenvalue weighted by atomic mass is 16.5. The monoisotopic (exact) mass is 278 g/mol. The predicted octanol–water partition coefficient (Wildman–Crippen LogP) is 3.22. The maximum absolute atomic E-state index is 12.2. The smallest absolute Gasteiger partial charge is 0.255 e. The van der Waals surface area contributed by atoms with Gasteiger partial charge < -0.3 is 15.8 Å². The number of unbranched alkanes of at least 4 members (excludes halogenated alkanes) is 1. The van der Waals surface area contributed by atoms with E-state index in [2.05, 4.69) is 19.2 Å². The van der Waals surface area contributed by atoms with Crippen LogP contribution in [0.25, 0.3) is 0 Å². The lowest BCUT2D eigenvalue weighted by molar-refractivity contribution is 0.0943. The number of rotatable bonds is 8. The summed E-state index contributed by atoms with van der Waals surface area (Å²) in [5.74, 6) is 0.958. The van der Waals surface area contributed by atoms with Crippen molar-refractivity contribution in [1.29, 1.82) is 0 Å². The van der Waals surface area contributed by atoms with Crippen molar-refractivity contribution in [3.8, 4) is 5.75 Å². The molecule has 0 saturated heterocycles. The molecule has 0 aliphatic heterocycles. The first-order valence-electron chi connectivity index (χ1n) is 7.34. The van der Waals surface area contributed by atoms with Gasteiger partial charge in [-0.2, -0.15) is 0 Å². The van der Waals surface area contributed by atoms with Crippen LogP contribution in [0.2, 0.25) is 0 Å². The molecule has 0 bridgehead atoms. The molecule has 1 aromatic carbocycles. The number of carbonyl (C=O) groups is 1. The molecule has 0 aromatic heterocycles. The van der Waals surface area contributed by atoms with Gasteiger partial charge in [-0.25, -0.2) is 0 Å². The highest BCUT2D eigenvalue weighted by Gasteiger charge is 2.14. The summed E-state index contributed by atoms with van der Waals surface area (Å²) < 4.78 is 5.20. The van der Waals surface area contributed by atoms with Crippen LogP contribution in [-0.2, 0) is 0 Å². The second-order valence-corrected chi connectivity index (χ2v) is 5.09. The summed E-state index contributed by atoms with van der Waals surface area (Å²) >= 11 is 0.